The van der Waals surface area contributed by atoms with Crippen LogP contribution >= 0.6 is 0 Å². The van der Waals surface area contributed by atoms with Crippen molar-refractivity contribution in [2.75, 3.05) is 34.0 Å². The van der Waals surface area contributed by atoms with Gasteiger partial charge in [0.05, 0.1) is 13.2 Å². The Morgan fingerprint density at radius 2 is 1.96 bits per heavy atom. The van der Waals surface area contributed by atoms with Crippen LogP contribution in [0, 0.1) is 11.8 Å². The smallest absolute Gasteiger partial charge is 0.411 e. The summed E-state index contributed by atoms with van der Waals surface area (Å²) in [6.45, 7) is 7.24. The normalized spacial score (nSPS) is 29.0. The second-order valence-electron chi connectivity index (χ2n) is 8.22. The van der Waals surface area contributed by atoms with E-state index in [9.17, 15) is 9.59 Å². The van der Waals surface area contributed by atoms with Crippen molar-refractivity contribution in [3.63, 3.8) is 0 Å². The molecular formula is C19H33NO6. The Bertz CT molecular complexity index is 489. The first-order valence-corrected chi connectivity index (χ1v) is 9.44. The highest BCUT2D eigenvalue weighted by atomic mass is 16.6. The first kappa shape index (κ1) is 21.0. The highest BCUT2D eigenvalue weighted by Crippen LogP contribution is 2.37. The van der Waals surface area contributed by atoms with E-state index in [1.807, 2.05) is 20.8 Å². The molecule has 0 unspecified atom stereocenters. The van der Waals surface area contributed by atoms with Crippen LogP contribution in [0.3, 0.4) is 0 Å². The lowest BCUT2D eigenvalue weighted by Gasteiger charge is -2.28. The predicted molar refractivity (Wildman–Crippen MR) is 95.8 cm³/mol. The molecule has 0 aromatic rings. The number of carbonyl (C=O) groups is 2. The quantitative estimate of drug-likeness (QED) is 0.546. The summed E-state index contributed by atoms with van der Waals surface area (Å²) in [6.07, 6.45) is 3.16. The summed E-state index contributed by atoms with van der Waals surface area (Å²) in [5, 5.41) is 0. The van der Waals surface area contributed by atoms with E-state index in [0.717, 1.165) is 32.3 Å². The zero-order valence-corrected chi connectivity index (χ0v) is 16.7. The van der Waals surface area contributed by atoms with Crippen molar-refractivity contribution in [3.05, 3.63) is 0 Å². The number of fused-ring (bicyclic) bond motifs is 1. The van der Waals surface area contributed by atoms with Gasteiger partial charge in [0.25, 0.3) is 0 Å². The van der Waals surface area contributed by atoms with Crippen LogP contribution in [0.2, 0.25) is 0 Å². The van der Waals surface area contributed by atoms with Crippen LogP contribution in [0.5, 0.6) is 0 Å². The van der Waals surface area contributed by atoms with Crippen molar-refractivity contribution < 1.29 is 28.5 Å². The molecule has 0 N–H and O–H groups in total. The number of amides is 1. The van der Waals surface area contributed by atoms with Crippen LogP contribution in [0.4, 0.5) is 4.79 Å². The van der Waals surface area contributed by atoms with E-state index in [1.165, 1.54) is 12.0 Å². The lowest BCUT2D eigenvalue weighted by Crippen LogP contribution is -2.48. The molecule has 1 amide bonds. The molecule has 0 bridgehead atoms. The average Bonchev–Trinajstić information content (AvgIpc) is 2.79. The van der Waals surface area contributed by atoms with Crippen LogP contribution in [-0.4, -0.2) is 68.7 Å². The number of ether oxygens (including phenoxy) is 4. The van der Waals surface area contributed by atoms with Crippen LogP contribution in [0.25, 0.3) is 0 Å². The van der Waals surface area contributed by atoms with Gasteiger partial charge < -0.3 is 18.9 Å². The average molecular weight is 371 g/mol. The summed E-state index contributed by atoms with van der Waals surface area (Å²) in [4.78, 5) is 26.5. The molecule has 0 aromatic heterocycles. The molecule has 150 valence electrons. The molecule has 0 saturated carbocycles. The van der Waals surface area contributed by atoms with Gasteiger partial charge in [-0.1, -0.05) is 0 Å². The van der Waals surface area contributed by atoms with Gasteiger partial charge in [0, 0.05) is 32.8 Å². The van der Waals surface area contributed by atoms with Gasteiger partial charge in [-0.15, -0.1) is 0 Å². The molecule has 0 aliphatic carbocycles. The summed E-state index contributed by atoms with van der Waals surface area (Å²) in [5.41, 5.74) is -0.619. The molecule has 0 spiro atoms. The molecule has 2 heterocycles. The molecule has 2 aliphatic heterocycles. The van der Waals surface area contributed by atoms with Gasteiger partial charge in [0.15, 0.2) is 6.04 Å². The van der Waals surface area contributed by atoms with Crippen LogP contribution in [0.15, 0.2) is 0 Å². The molecule has 2 rings (SSSR count). The zero-order valence-electron chi connectivity index (χ0n) is 16.7. The van der Waals surface area contributed by atoms with Crippen molar-refractivity contribution in [2.45, 2.75) is 64.2 Å². The van der Waals surface area contributed by atoms with Gasteiger partial charge in [-0.25, -0.2) is 9.59 Å². The first-order valence-electron chi connectivity index (χ1n) is 9.44. The topological polar surface area (TPSA) is 74.3 Å². The van der Waals surface area contributed by atoms with E-state index >= 15 is 0 Å². The third-order valence-electron chi connectivity index (χ3n) is 5.05. The Labute approximate surface area is 156 Å². The molecule has 7 nitrogen and oxygen atoms in total. The van der Waals surface area contributed by atoms with Crippen LogP contribution in [-0.2, 0) is 23.7 Å². The Balaban J connectivity index is 2.11. The number of hydrogen-bond acceptors (Lipinski definition) is 6. The number of likely N-dealkylation sites (tertiary alicyclic amines) is 1. The third-order valence-corrected chi connectivity index (χ3v) is 5.05. The second kappa shape index (κ2) is 9.04. The van der Waals surface area contributed by atoms with Gasteiger partial charge in [-0.2, -0.15) is 0 Å². The fraction of sp³-hybridized carbons (Fsp3) is 0.895. The standard InChI is InChI=1S/C19H33NO6/c1-19(2,3)26-18(22)20-12-14-11-13(7-6-9-23-4)8-10-25-16(14)15(20)17(21)24-5/h13-16H,6-12H2,1-5H3/t13-,14+,15+,16-/m1/s1. The van der Waals surface area contributed by atoms with E-state index in [2.05, 4.69) is 0 Å². The number of nitrogens with zero attached hydrogens (tertiary/aromatic N) is 1. The molecule has 0 aromatic carbocycles. The van der Waals surface area contributed by atoms with Crippen molar-refractivity contribution >= 4 is 12.1 Å². The van der Waals surface area contributed by atoms with Crippen molar-refractivity contribution in [2.24, 2.45) is 11.8 Å². The van der Waals surface area contributed by atoms with Crippen molar-refractivity contribution in [1.29, 1.82) is 0 Å². The summed E-state index contributed by atoms with van der Waals surface area (Å²) in [5.74, 6) is 0.180. The summed E-state index contributed by atoms with van der Waals surface area (Å²) in [6, 6.07) is -0.738. The van der Waals surface area contributed by atoms with E-state index in [4.69, 9.17) is 18.9 Å². The van der Waals surface area contributed by atoms with Crippen molar-refractivity contribution in [3.8, 4) is 0 Å². The third kappa shape index (κ3) is 5.33. The van der Waals surface area contributed by atoms with E-state index in [0.29, 0.717) is 19.1 Å². The summed E-state index contributed by atoms with van der Waals surface area (Å²) < 4.78 is 21.6. The molecular weight excluding hydrogens is 338 g/mol. The van der Waals surface area contributed by atoms with Gasteiger partial charge in [-0.05, 0) is 52.4 Å². The van der Waals surface area contributed by atoms with Gasteiger partial charge >= 0.3 is 12.1 Å². The minimum Gasteiger partial charge on any atom is -0.467 e. The van der Waals surface area contributed by atoms with Gasteiger partial charge in [0.2, 0.25) is 0 Å². The van der Waals surface area contributed by atoms with Crippen LogP contribution < -0.4 is 0 Å². The molecule has 2 saturated heterocycles. The van der Waals surface area contributed by atoms with E-state index in [-0.39, 0.29) is 12.0 Å². The number of rotatable bonds is 5. The van der Waals surface area contributed by atoms with Gasteiger partial charge in [-0.3, -0.25) is 4.90 Å². The minimum atomic E-state index is -0.738. The summed E-state index contributed by atoms with van der Waals surface area (Å²) >= 11 is 0. The highest BCUT2D eigenvalue weighted by molar-refractivity contribution is 5.83. The Kier molecular flexibility index (Phi) is 7.29. The fourth-order valence-electron chi connectivity index (χ4n) is 3.93. The minimum absolute atomic E-state index is 0.113. The maximum absolute atomic E-state index is 12.6. The van der Waals surface area contributed by atoms with E-state index in [1.54, 1.807) is 7.11 Å². The summed E-state index contributed by atoms with van der Waals surface area (Å²) in [7, 11) is 3.05. The Hall–Kier alpha value is -1.34. The molecule has 2 aliphatic rings. The monoisotopic (exact) mass is 371 g/mol. The van der Waals surface area contributed by atoms with Crippen LogP contribution in [0.1, 0.15) is 46.5 Å². The maximum Gasteiger partial charge on any atom is 0.411 e. The number of esters is 1. The number of methoxy groups -OCH3 is 2. The molecule has 4 atom stereocenters. The van der Waals surface area contributed by atoms with E-state index < -0.39 is 23.7 Å². The first-order chi connectivity index (χ1) is 12.3. The SMILES string of the molecule is COCCC[C@@H]1CCO[C@@H]2[C@@H](C1)CN(C(=O)OC(C)(C)C)[C@@H]2C(=O)OC. The van der Waals surface area contributed by atoms with Crippen molar-refractivity contribution in [1.82, 2.24) is 4.90 Å². The molecule has 26 heavy (non-hydrogen) atoms. The Morgan fingerprint density at radius 3 is 2.58 bits per heavy atom. The highest BCUT2D eigenvalue weighted by Gasteiger charge is 2.51. The zero-order chi connectivity index (χ0) is 19.3. The fourth-order valence-corrected chi connectivity index (χ4v) is 3.93. The second-order valence-corrected chi connectivity index (χ2v) is 8.22. The number of carbonyl (C=O) groups excluding carboxylic acids is 2. The van der Waals surface area contributed by atoms with Gasteiger partial charge in [0.1, 0.15) is 5.60 Å². The lowest BCUT2D eigenvalue weighted by molar-refractivity contribution is -0.150. The maximum atomic E-state index is 12.6. The predicted octanol–water partition coefficient (Wildman–Crippen LogP) is 2.62. The Morgan fingerprint density at radius 1 is 1.23 bits per heavy atom. The lowest BCUT2D eigenvalue weighted by atomic mass is 9.87. The molecule has 2 fully saturated rings. The molecule has 0 radical (unpaired) electrons. The largest absolute Gasteiger partial charge is 0.467 e. The molecule has 7 heteroatoms. The number of hydrogen-bond donors (Lipinski definition) is 0.